The average molecular weight is 200 g/mol. The maximum absolute atomic E-state index is 7.31. The first-order chi connectivity index (χ1) is 7.35. The third-order valence-electron chi connectivity index (χ3n) is 2.21. The van der Waals surface area contributed by atoms with Crippen LogP contribution in [-0.4, -0.2) is 23.2 Å². The van der Waals surface area contributed by atoms with Gasteiger partial charge >= 0.3 is 0 Å². The number of nitrogens with one attached hydrogen (secondary N) is 3. The molecule has 0 fully saturated rings. The van der Waals surface area contributed by atoms with Crippen molar-refractivity contribution in [2.24, 2.45) is 0 Å². The molecule has 1 heterocycles. The van der Waals surface area contributed by atoms with Crippen LogP contribution in [0, 0.1) is 5.41 Å². The molecule has 0 saturated carbocycles. The number of aromatic nitrogens is 2. The summed E-state index contributed by atoms with van der Waals surface area (Å²) in [7, 11) is 1.82. The molecule has 15 heavy (non-hydrogen) atoms. The van der Waals surface area contributed by atoms with Crippen LogP contribution < -0.4 is 5.32 Å². The van der Waals surface area contributed by atoms with Gasteiger partial charge in [-0.15, -0.1) is 0 Å². The van der Waals surface area contributed by atoms with Crippen LogP contribution >= 0.6 is 0 Å². The van der Waals surface area contributed by atoms with Gasteiger partial charge < -0.3 is 15.7 Å². The molecule has 0 bridgehead atoms. The summed E-state index contributed by atoms with van der Waals surface area (Å²) in [6, 6.07) is 5.88. The first-order valence-corrected chi connectivity index (χ1v) is 4.66. The Morgan fingerprint density at radius 1 is 1.53 bits per heavy atom. The number of fused-ring (bicyclic) bond motifs is 1. The van der Waals surface area contributed by atoms with Crippen molar-refractivity contribution in [2.75, 3.05) is 7.05 Å². The fourth-order valence-corrected chi connectivity index (χ4v) is 1.48. The van der Waals surface area contributed by atoms with E-state index in [0.29, 0.717) is 0 Å². The molecule has 0 radical (unpaired) electrons. The van der Waals surface area contributed by atoms with Crippen molar-refractivity contribution in [3.05, 3.63) is 36.3 Å². The van der Waals surface area contributed by atoms with Gasteiger partial charge in [-0.1, -0.05) is 6.07 Å². The minimum Gasteiger partial charge on any atom is -0.393 e. The lowest BCUT2D eigenvalue weighted by Gasteiger charge is -2.01. The van der Waals surface area contributed by atoms with E-state index in [2.05, 4.69) is 15.3 Å². The minimum absolute atomic E-state index is 0.842. The van der Waals surface area contributed by atoms with E-state index in [-0.39, 0.29) is 0 Å². The highest BCUT2D eigenvalue weighted by atomic mass is 14.9. The van der Waals surface area contributed by atoms with Crippen LogP contribution in [0.2, 0.25) is 0 Å². The lowest BCUT2D eigenvalue weighted by atomic mass is 10.1. The Morgan fingerprint density at radius 3 is 3.13 bits per heavy atom. The van der Waals surface area contributed by atoms with E-state index >= 15 is 0 Å². The van der Waals surface area contributed by atoms with Crippen LogP contribution in [0.5, 0.6) is 0 Å². The molecular formula is C11H12N4. The van der Waals surface area contributed by atoms with Crippen molar-refractivity contribution in [1.82, 2.24) is 15.3 Å². The van der Waals surface area contributed by atoms with Crippen LogP contribution in [-0.2, 0) is 0 Å². The highest BCUT2D eigenvalue weighted by Gasteiger charge is 2.01. The van der Waals surface area contributed by atoms with Gasteiger partial charge in [0.1, 0.15) is 0 Å². The Hall–Kier alpha value is -2.10. The summed E-state index contributed by atoms with van der Waals surface area (Å²) in [6.45, 7) is 0. The van der Waals surface area contributed by atoms with Gasteiger partial charge in [0, 0.05) is 25.0 Å². The zero-order valence-electron chi connectivity index (χ0n) is 8.41. The molecule has 3 N–H and O–H groups in total. The van der Waals surface area contributed by atoms with Gasteiger partial charge in [-0.25, -0.2) is 4.98 Å². The molecule has 2 aromatic rings. The topological polar surface area (TPSA) is 64.6 Å². The first kappa shape index (κ1) is 9.45. The number of aromatic amines is 1. The number of imidazole rings is 1. The average Bonchev–Trinajstić information content (AvgIpc) is 2.72. The largest absolute Gasteiger partial charge is 0.393 e. The second kappa shape index (κ2) is 3.96. The van der Waals surface area contributed by atoms with E-state index in [4.69, 9.17) is 5.41 Å². The number of H-pyrrole nitrogens is 1. The molecule has 1 aromatic carbocycles. The van der Waals surface area contributed by atoms with Gasteiger partial charge in [0.25, 0.3) is 0 Å². The van der Waals surface area contributed by atoms with Crippen molar-refractivity contribution in [3.63, 3.8) is 0 Å². The predicted octanol–water partition coefficient (Wildman–Crippen LogP) is 1.77. The van der Waals surface area contributed by atoms with E-state index in [1.807, 2.05) is 25.2 Å². The van der Waals surface area contributed by atoms with Gasteiger partial charge in [-0.2, -0.15) is 0 Å². The summed E-state index contributed by atoms with van der Waals surface area (Å²) in [5.74, 6) is 0. The normalized spacial score (nSPS) is 11.7. The first-order valence-electron chi connectivity index (χ1n) is 4.66. The Labute approximate surface area is 87.5 Å². The molecule has 0 aliphatic heterocycles. The smallest absolute Gasteiger partial charge is 0.0931 e. The molecular weight excluding hydrogens is 188 g/mol. The summed E-state index contributed by atoms with van der Waals surface area (Å²) >= 11 is 0. The van der Waals surface area contributed by atoms with Crippen LogP contribution in [0.3, 0.4) is 0 Å². The summed E-state index contributed by atoms with van der Waals surface area (Å²) in [5, 5.41) is 10.2. The van der Waals surface area contributed by atoms with E-state index in [0.717, 1.165) is 22.2 Å². The number of hydrogen-bond acceptors (Lipinski definition) is 3. The molecule has 4 heteroatoms. The molecule has 0 aliphatic rings. The number of benzene rings is 1. The third kappa shape index (κ3) is 1.74. The Balaban J connectivity index is 2.51. The quantitative estimate of drug-likeness (QED) is 0.661. The molecule has 76 valence electrons. The maximum atomic E-state index is 7.31. The zero-order chi connectivity index (χ0) is 10.7. The highest BCUT2D eigenvalue weighted by Crippen LogP contribution is 2.17. The van der Waals surface area contributed by atoms with Gasteiger partial charge in [-0.3, -0.25) is 0 Å². The Bertz CT molecular complexity index is 510. The predicted molar refractivity (Wildman–Crippen MR) is 61.9 cm³/mol. The molecule has 0 atom stereocenters. The number of hydrogen-bond donors (Lipinski definition) is 3. The van der Waals surface area contributed by atoms with Gasteiger partial charge in [0.2, 0.25) is 0 Å². The molecule has 0 amide bonds. The lowest BCUT2D eigenvalue weighted by Crippen LogP contribution is -1.96. The zero-order valence-corrected chi connectivity index (χ0v) is 8.41. The van der Waals surface area contributed by atoms with E-state index in [1.54, 1.807) is 12.5 Å². The van der Waals surface area contributed by atoms with Crippen molar-refractivity contribution in [2.45, 2.75) is 0 Å². The van der Waals surface area contributed by atoms with Crippen molar-refractivity contribution in [3.8, 4) is 0 Å². The molecule has 0 unspecified atom stereocenters. The summed E-state index contributed by atoms with van der Waals surface area (Å²) in [5.41, 5.74) is 3.76. The lowest BCUT2D eigenvalue weighted by molar-refractivity contribution is 1.11. The summed E-state index contributed by atoms with van der Waals surface area (Å²) in [4.78, 5) is 7.19. The molecule has 1 aromatic heterocycles. The summed E-state index contributed by atoms with van der Waals surface area (Å²) < 4.78 is 0. The van der Waals surface area contributed by atoms with Crippen LogP contribution in [0.1, 0.15) is 5.56 Å². The van der Waals surface area contributed by atoms with Crippen molar-refractivity contribution >= 4 is 22.8 Å². The van der Waals surface area contributed by atoms with Crippen LogP contribution in [0.15, 0.2) is 30.7 Å². The second-order valence-electron chi connectivity index (χ2n) is 3.17. The number of nitrogens with zero attached hydrogens (tertiary/aromatic N) is 1. The van der Waals surface area contributed by atoms with Crippen molar-refractivity contribution in [1.29, 1.82) is 5.41 Å². The van der Waals surface area contributed by atoms with E-state index < -0.39 is 0 Å². The third-order valence-corrected chi connectivity index (χ3v) is 2.21. The number of rotatable bonds is 3. The standard InChI is InChI=1S/C11H12N4/c1-13-6-9(5-12)8-2-3-10-11(4-8)15-7-14-10/h2-7,12-13H,1H3,(H,14,15)/b9-6+,12-5?. The maximum Gasteiger partial charge on any atom is 0.0931 e. The highest BCUT2D eigenvalue weighted by molar-refractivity contribution is 6.08. The number of allylic oxidation sites excluding steroid dienone is 1. The molecule has 0 spiro atoms. The van der Waals surface area contributed by atoms with E-state index in [9.17, 15) is 0 Å². The van der Waals surface area contributed by atoms with E-state index in [1.165, 1.54) is 6.21 Å². The Morgan fingerprint density at radius 2 is 2.40 bits per heavy atom. The summed E-state index contributed by atoms with van der Waals surface area (Å²) in [6.07, 6.45) is 4.79. The molecule has 0 saturated heterocycles. The van der Waals surface area contributed by atoms with Gasteiger partial charge in [0.15, 0.2) is 0 Å². The van der Waals surface area contributed by atoms with Gasteiger partial charge in [-0.05, 0) is 17.7 Å². The van der Waals surface area contributed by atoms with Crippen LogP contribution in [0.4, 0.5) is 0 Å². The second-order valence-corrected chi connectivity index (χ2v) is 3.17. The van der Waals surface area contributed by atoms with Crippen molar-refractivity contribution < 1.29 is 0 Å². The molecule has 4 nitrogen and oxygen atoms in total. The van der Waals surface area contributed by atoms with Crippen LogP contribution in [0.25, 0.3) is 16.6 Å². The minimum atomic E-state index is 0.842. The molecule has 0 aliphatic carbocycles. The fourth-order valence-electron chi connectivity index (χ4n) is 1.48. The van der Waals surface area contributed by atoms with Gasteiger partial charge in [0.05, 0.1) is 17.4 Å². The monoisotopic (exact) mass is 200 g/mol. The fraction of sp³-hybridized carbons (Fsp3) is 0.0909. The Kier molecular flexibility index (Phi) is 2.49. The SMILES string of the molecule is CN/C=C(\C=N)c1ccc2nc[nH]c2c1. The molecule has 2 rings (SSSR count).